The van der Waals surface area contributed by atoms with Crippen molar-refractivity contribution in [1.29, 1.82) is 0 Å². The van der Waals surface area contributed by atoms with E-state index in [9.17, 15) is 9.90 Å². The van der Waals surface area contributed by atoms with Crippen LogP contribution >= 0.6 is 0 Å². The molecular weight excluding hydrogens is 264 g/mol. The number of amides is 1. The van der Waals surface area contributed by atoms with Gasteiger partial charge < -0.3 is 15.4 Å². The number of hydrogen-bond donors (Lipinski definition) is 3. The summed E-state index contributed by atoms with van der Waals surface area (Å²) in [6.07, 6.45) is 1.84. The number of aromatic nitrogens is 1. The van der Waals surface area contributed by atoms with Crippen LogP contribution in [-0.4, -0.2) is 22.6 Å². The number of fused-ring (bicyclic) bond motifs is 1. The van der Waals surface area contributed by atoms with Crippen molar-refractivity contribution in [3.8, 4) is 0 Å². The van der Waals surface area contributed by atoms with Crippen LogP contribution in [0.25, 0.3) is 10.9 Å². The lowest BCUT2D eigenvalue weighted by molar-refractivity contribution is 0.0916. The Morgan fingerprint density at radius 2 is 1.95 bits per heavy atom. The van der Waals surface area contributed by atoms with E-state index in [1.807, 2.05) is 54.7 Å². The van der Waals surface area contributed by atoms with Gasteiger partial charge in [-0.15, -0.1) is 0 Å². The molecule has 2 aromatic carbocycles. The largest absolute Gasteiger partial charge is 0.394 e. The highest BCUT2D eigenvalue weighted by atomic mass is 16.3. The quantitative estimate of drug-likeness (QED) is 0.688. The molecular formula is C17H16N2O2. The highest BCUT2D eigenvalue weighted by Gasteiger charge is 2.15. The van der Waals surface area contributed by atoms with E-state index >= 15 is 0 Å². The van der Waals surface area contributed by atoms with Crippen LogP contribution in [0.5, 0.6) is 0 Å². The lowest BCUT2D eigenvalue weighted by Crippen LogP contribution is -2.30. The van der Waals surface area contributed by atoms with Crippen molar-refractivity contribution in [3.05, 3.63) is 71.9 Å². The van der Waals surface area contributed by atoms with E-state index < -0.39 is 6.04 Å². The molecule has 4 nitrogen and oxygen atoms in total. The Hall–Kier alpha value is -2.59. The van der Waals surface area contributed by atoms with Crippen molar-refractivity contribution < 1.29 is 9.90 Å². The van der Waals surface area contributed by atoms with Gasteiger partial charge in [0.15, 0.2) is 0 Å². The smallest absolute Gasteiger partial charge is 0.251 e. The summed E-state index contributed by atoms with van der Waals surface area (Å²) in [7, 11) is 0. The van der Waals surface area contributed by atoms with Crippen LogP contribution < -0.4 is 5.32 Å². The first kappa shape index (κ1) is 13.4. The van der Waals surface area contributed by atoms with E-state index in [0.29, 0.717) is 5.56 Å². The van der Waals surface area contributed by atoms with Crippen LogP contribution in [0.15, 0.2) is 60.8 Å². The predicted molar refractivity (Wildman–Crippen MR) is 82.0 cm³/mol. The molecule has 0 aliphatic carbocycles. The van der Waals surface area contributed by atoms with Crippen molar-refractivity contribution in [1.82, 2.24) is 10.3 Å². The molecule has 3 N–H and O–H groups in total. The lowest BCUT2D eigenvalue weighted by atomic mass is 10.1. The predicted octanol–water partition coefficient (Wildman–Crippen LogP) is 2.63. The summed E-state index contributed by atoms with van der Waals surface area (Å²) in [5.74, 6) is -0.194. The van der Waals surface area contributed by atoms with E-state index in [1.165, 1.54) is 0 Å². The minimum atomic E-state index is -0.402. The molecule has 1 atom stereocenters. The van der Waals surface area contributed by atoms with Gasteiger partial charge in [-0.1, -0.05) is 30.3 Å². The summed E-state index contributed by atoms with van der Waals surface area (Å²) in [4.78, 5) is 15.4. The van der Waals surface area contributed by atoms with E-state index in [4.69, 9.17) is 0 Å². The van der Waals surface area contributed by atoms with Crippen LogP contribution in [-0.2, 0) is 0 Å². The monoisotopic (exact) mass is 280 g/mol. The Labute approximate surface area is 122 Å². The molecule has 0 saturated heterocycles. The molecule has 0 unspecified atom stereocenters. The average molecular weight is 280 g/mol. The van der Waals surface area contributed by atoms with Crippen LogP contribution in [0.3, 0.4) is 0 Å². The standard InChI is InChI=1S/C17H16N2O2/c20-11-16(12-4-2-1-3-5-12)19-17(21)14-6-7-15-13(10-14)8-9-18-15/h1-10,16,18,20H,11H2,(H,19,21)/t16-/m0/s1. The van der Waals surface area contributed by atoms with E-state index in [-0.39, 0.29) is 12.5 Å². The van der Waals surface area contributed by atoms with Gasteiger partial charge in [0.2, 0.25) is 0 Å². The first-order chi connectivity index (χ1) is 10.3. The normalized spacial score (nSPS) is 12.2. The summed E-state index contributed by atoms with van der Waals surface area (Å²) in [6, 6.07) is 16.4. The number of hydrogen-bond acceptors (Lipinski definition) is 2. The molecule has 0 bridgehead atoms. The van der Waals surface area contributed by atoms with Crippen molar-refractivity contribution in [2.24, 2.45) is 0 Å². The second-order valence-electron chi connectivity index (χ2n) is 4.90. The van der Waals surface area contributed by atoms with Gasteiger partial charge in [-0.2, -0.15) is 0 Å². The summed E-state index contributed by atoms with van der Waals surface area (Å²) in [5, 5.41) is 13.3. The van der Waals surface area contributed by atoms with E-state index in [1.54, 1.807) is 6.07 Å². The van der Waals surface area contributed by atoms with Crippen LogP contribution in [0.4, 0.5) is 0 Å². The second kappa shape index (κ2) is 5.81. The van der Waals surface area contributed by atoms with Gasteiger partial charge in [-0.05, 0) is 29.8 Å². The fourth-order valence-electron chi connectivity index (χ4n) is 2.36. The van der Waals surface area contributed by atoms with E-state index in [2.05, 4.69) is 10.3 Å². The summed E-state index contributed by atoms with van der Waals surface area (Å²) >= 11 is 0. The maximum absolute atomic E-state index is 12.3. The number of H-pyrrole nitrogens is 1. The molecule has 3 rings (SSSR count). The number of carbonyl (C=O) groups excluding carboxylic acids is 1. The summed E-state index contributed by atoms with van der Waals surface area (Å²) in [6.45, 7) is -0.137. The molecule has 4 heteroatoms. The van der Waals surface area contributed by atoms with Crippen molar-refractivity contribution in [2.45, 2.75) is 6.04 Å². The summed E-state index contributed by atoms with van der Waals surface area (Å²) < 4.78 is 0. The summed E-state index contributed by atoms with van der Waals surface area (Å²) in [5.41, 5.74) is 2.46. The zero-order valence-electron chi connectivity index (χ0n) is 11.4. The van der Waals surface area contributed by atoms with Gasteiger partial charge in [0.05, 0.1) is 12.6 Å². The zero-order chi connectivity index (χ0) is 14.7. The van der Waals surface area contributed by atoms with Crippen LogP contribution in [0.2, 0.25) is 0 Å². The number of rotatable bonds is 4. The van der Waals surface area contributed by atoms with Crippen molar-refractivity contribution in [2.75, 3.05) is 6.61 Å². The number of aliphatic hydroxyl groups excluding tert-OH is 1. The van der Waals surface area contributed by atoms with Gasteiger partial charge in [0, 0.05) is 22.7 Å². The maximum atomic E-state index is 12.3. The minimum Gasteiger partial charge on any atom is -0.394 e. The van der Waals surface area contributed by atoms with Gasteiger partial charge in [0.25, 0.3) is 5.91 Å². The molecule has 0 aliphatic heterocycles. The highest BCUT2D eigenvalue weighted by Crippen LogP contribution is 2.16. The first-order valence-corrected chi connectivity index (χ1v) is 6.82. The molecule has 1 amide bonds. The highest BCUT2D eigenvalue weighted by molar-refractivity contribution is 5.98. The lowest BCUT2D eigenvalue weighted by Gasteiger charge is -2.16. The Morgan fingerprint density at radius 3 is 2.71 bits per heavy atom. The molecule has 0 radical (unpaired) electrons. The number of benzene rings is 2. The molecule has 1 heterocycles. The molecule has 3 aromatic rings. The zero-order valence-corrected chi connectivity index (χ0v) is 11.4. The van der Waals surface area contributed by atoms with Gasteiger partial charge in [-0.3, -0.25) is 4.79 Å². The topological polar surface area (TPSA) is 65.1 Å². The van der Waals surface area contributed by atoms with Gasteiger partial charge >= 0.3 is 0 Å². The number of nitrogens with one attached hydrogen (secondary N) is 2. The Bertz CT molecular complexity index is 750. The third-order valence-corrected chi connectivity index (χ3v) is 3.51. The first-order valence-electron chi connectivity index (χ1n) is 6.82. The SMILES string of the molecule is O=C(N[C@@H](CO)c1ccccc1)c1ccc2[nH]ccc2c1. The van der Waals surface area contributed by atoms with Gasteiger partial charge in [0.1, 0.15) is 0 Å². The molecule has 0 spiro atoms. The van der Waals surface area contributed by atoms with Crippen molar-refractivity contribution in [3.63, 3.8) is 0 Å². The molecule has 0 aliphatic rings. The average Bonchev–Trinajstić information content (AvgIpc) is 3.00. The molecule has 21 heavy (non-hydrogen) atoms. The van der Waals surface area contributed by atoms with Crippen LogP contribution in [0.1, 0.15) is 22.0 Å². The fourth-order valence-corrected chi connectivity index (χ4v) is 2.36. The minimum absolute atomic E-state index is 0.137. The molecule has 106 valence electrons. The Balaban J connectivity index is 1.81. The van der Waals surface area contributed by atoms with Gasteiger partial charge in [-0.25, -0.2) is 0 Å². The molecule has 0 fully saturated rings. The van der Waals surface area contributed by atoms with Crippen LogP contribution in [0, 0.1) is 0 Å². The number of aliphatic hydroxyl groups is 1. The third-order valence-electron chi connectivity index (χ3n) is 3.51. The Morgan fingerprint density at radius 1 is 1.14 bits per heavy atom. The second-order valence-corrected chi connectivity index (χ2v) is 4.90. The number of carbonyl (C=O) groups is 1. The molecule has 1 aromatic heterocycles. The Kier molecular flexibility index (Phi) is 3.71. The van der Waals surface area contributed by atoms with Crippen molar-refractivity contribution >= 4 is 16.8 Å². The third kappa shape index (κ3) is 2.80. The molecule has 0 saturated carbocycles. The number of aromatic amines is 1. The maximum Gasteiger partial charge on any atom is 0.251 e. The van der Waals surface area contributed by atoms with E-state index in [0.717, 1.165) is 16.5 Å². The fraction of sp³-hybridized carbons (Fsp3) is 0.118.